The minimum absolute atomic E-state index is 0.322. The summed E-state index contributed by atoms with van der Waals surface area (Å²) in [5.41, 5.74) is 1.03. The van der Waals surface area contributed by atoms with E-state index in [9.17, 15) is 9.50 Å². The van der Waals surface area contributed by atoms with Crippen LogP contribution in [0.1, 0.15) is 18.6 Å². The minimum Gasteiger partial charge on any atom is -0.389 e. The van der Waals surface area contributed by atoms with E-state index in [4.69, 9.17) is 0 Å². The summed E-state index contributed by atoms with van der Waals surface area (Å²) in [6, 6.07) is 4.71. The molecule has 0 amide bonds. The normalized spacial score (nSPS) is 12.3. The number of aliphatic hydroxyl groups excluding tert-OH is 1. The Labute approximate surface area is 89.7 Å². The van der Waals surface area contributed by atoms with Crippen molar-refractivity contribution in [3.63, 3.8) is 0 Å². The summed E-state index contributed by atoms with van der Waals surface area (Å²) >= 11 is 0. The fourth-order valence-electron chi connectivity index (χ4n) is 1.56. The van der Waals surface area contributed by atoms with Gasteiger partial charge in [0.1, 0.15) is 5.82 Å². The van der Waals surface area contributed by atoms with Crippen LogP contribution in [0.4, 0.5) is 10.1 Å². The molecule has 0 radical (unpaired) electrons. The summed E-state index contributed by atoms with van der Waals surface area (Å²) in [6.45, 7) is 5.77. The molecule has 0 aliphatic rings. The molecular formula is C12H16FNO. The first kappa shape index (κ1) is 11.7. The second kappa shape index (κ2) is 4.94. The molecule has 0 aromatic heterocycles. The molecule has 1 atom stereocenters. The van der Waals surface area contributed by atoms with Crippen molar-refractivity contribution in [2.45, 2.75) is 13.0 Å². The number of hydrogen-bond acceptors (Lipinski definition) is 2. The summed E-state index contributed by atoms with van der Waals surface area (Å²) in [7, 11) is 1.77. The Bertz CT molecular complexity index is 349. The lowest BCUT2D eigenvalue weighted by Crippen LogP contribution is -2.20. The highest BCUT2D eigenvalue weighted by atomic mass is 19.1. The highest BCUT2D eigenvalue weighted by Gasteiger charge is 2.14. The van der Waals surface area contributed by atoms with Gasteiger partial charge in [-0.2, -0.15) is 0 Å². The first-order valence-corrected chi connectivity index (χ1v) is 4.86. The van der Waals surface area contributed by atoms with Crippen molar-refractivity contribution in [2.75, 3.05) is 18.5 Å². The third-order valence-electron chi connectivity index (χ3n) is 2.25. The second-order valence-electron chi connectivity index (χ2n) is 3.52. The predicted molar refractivity (Wildman–Crippen MR) is 60.5 cm³/mol. The maximum Gasteiger partial charge on any atom is 0.146 e. The van der Waals surface area contributed by atoms with Crippen molar-refractivity contribution in [3.05, 3.63) is 42.2 Å². The Balaban J connectivity index is 3.17. The van der Waals surface area contributed by atoms with Gasteiger partial charge >= 0.3 is 0 Å². The van der Waals surface area contributed by atoms with E-state index in [1.807, 2.05) is 0 Å². The van der Waals surface area contributed by atoms with Crippen LogP contribution in [0, 0.1) is 5.82 Å². The number of nitrogens with zero attached hydrogens (tertiary/aromatic N) is 1. The van der Waals surface area contributed by atoms with E-state index in [0.717, 1.165) is 0 Å². The predicted octanol–water partition coefficient (Wildman–Crippen LogP) is 2.50. The number of para-hydroxylation sites is 1. The molecule has 1 N–H and O–H groups in total. The number of likely N-dealkylation sites (N-methyl/N-ethyl adjacent to an activating group) is 1. The molecule has 2 nitrogen and oxygen atoms in total. The molecule has 0 saturated heterocycles. The molecule has 1 rings (SSSR count). The molecule has 1 aromatic rings. The van der Waals surface area contributed by atoms with Crippen molar-refractivity contribution in [1.29, 1.82) is 0 Å². The molecule has 82 valence electrons. The van der Waals surface area contributed by atoms with E-state index in [2.05, 4.69) is 6.58 Å². The van der Waals surface area contributed by atoms with Crippen LogP contribution in [0.25, 0.3) is 0 Å². The average Bonchev–Trinajstić information content (AvgIpc) is 2.17. The Morgan fingerprint density at radius 3 is 2.80 bits per heavy atom. The van der Waals surface area contributed by atoms with Crippen LogP contribution in [-0.2, 0) is 0 Å². The number of anilines is 1. The number of rotatable bonds is 4. The van der Waals surface area contributed by atoms with Crippen LogP contribution in [-0.4, -0.2) is 18.7 Å². The van der Waals surface area contributed by atoms with Crippen LogP contribution in [0.5, 0.6) is 0 Å². The number of benzene rings is 1. The molecule has 15 heavy (non-hydrogen) atoms. The lowest BCUT2D eigenvalue weighted by molar-refractivity contribution is 0.199. The summed E-state index contributed by atoms with van der Waals surface area (Å²) in [5, 5.41) is 9.53. The van der Waals surface area contributed by atoms with Gasteiger partial charge < -0.3 is 10.0 Å². The zero-order chi connectivity index (χ0) is 11.4. The molecule has 0 fully saturated rings. The monoisotopic (exact) mass is 209 g/mol. The molecule has 3 heteroatoms. The van der Waals surface area contributed by atoms with E-state index in [-0.39, 0.29) is 5.82 Å². The Morgan fingerprint density at radius 2 is 2.27 bits per heavy atom. The zero-order valence-corrected chi connectivity index (χ0v) is 9.07. The van der Waals surface area contributed by atoms with Gasteiger partial charge in [-0.05, 0) is 13.0 Å². The third kappa shape index (κ3) is 2.57. The highest BCUT2D eigenvalue weighted by Crippen LogP contribution is 2.28. The Hall–Kier alpha value is -1.35. The molecule has 0 bridgehead atoms. The lowest BCUT2D eigenvalue weighted by atomic mass is 10.1. The standard InChI is InChI=1S/C12H16FNO/c1-4-8-14(3)12-10(9(2)15)6-5-7-11(12)13/h4-7,9,15H,1,8H2,2-3H3. The number of hydrogen-bond donors (Lipinski definition) is 1. The first-order chi connectivity index (χ1) is 7.07. The summed E-state index contributed by atoms with van der Waals surface area (Å²) in [4.78, 5) is 1.73. The fourth-order valence-corrected chi connectivity index (χ4v) is 1.56. The van der Waals surface area contributed by atoms with Gasteiger partial charge in [-0.3, -0.25) is 0 Å². The highest BCUT2D eigenvalue weighted by molar-refractivity contribution is 5.55. The quantitative estimate of drug-likeness (QED) is 0.770. The van der Waals surface area contributed by atoms with Crippen molar-refractivity contribution < 1.29 is 9.50 Å². The molecule has 0 heterocycles. The summed E-state index contributed by atoms with van der Waals surface area (Å²) in [6.07, 6.45) is 1.01. The van der Waals surface area contributed by atoms with Crippen molar-refractivity contribution in [1.82, 2.24) is 0 Å². The van der Waals surface area contributed by atoms with Gasteiger partial charge in [-0.15, -0.1) is 6.58 Å². The van der Waals surface area contributed by atoms with Gasteiger partial charge in [0.25, 0.3) is 0 Å². The molecule has 0 saturated carbocycles. The van der Waals surface area contributed by atoms with Crippen molar-refractivity contribution >= 4 is 5.69 Å². The number of halogens is 1. The lowest BCUT2D eigenvalue weighted by Gasteiger charge is -2.22. The van der Waals surface area contributed by atoms with Crippen molar-refractivity contribution in [3.8, 4) is 0 Å². The van der Waals surface area contributed by atoms with E-state index >= 15 is 0 Å². The SMILES string of the molecule is C=CCN(C)c1c(F)cccc1C(C)O. The molecule has 0 spiro atoms. The molecular weight excluding hydrogens is 193 g/mol. The molecule has 1 unspecified atom stereocenters. The Kier molecular flexibility index (Phi) is 3.86. The van der Waals surface area contributed by atoms with Gasteiger partial charge in [-0.1, -0.05) is 18.2 Å². The van der Waals surface area contributed by atoms with Gasteiger partial charge in [0, 0.05) is 19.2 Å². The smallest absolute Gasteiger partial charge is 0.146 e. The third-order valence-corrected chi connectivity index (χ3v) is 2.25. The topological polar surface area (TPSA) is 23.5 Å². The van der Waals surface area contributed by atoms with E-state index in [1.54, 1.807) is 37.1 Å². The van der Waals surface area contributed by atoms with Gasteiger partial charge in [-0.25, -0.2) is 4.39 Å². The maximum absolute atomic E-state index is 13.6. The second-order valence-corrected chi connectivity index (χ2v) is 3.52. The molecule has 1 aromatic carbocycles. The van der Waals surface area contributed by atoms with Gasteiger partial charge in [0.15, 0.2) is 0 Å². The average molecular weight is 209 g/mol. The summed E-state index contributed by atoms with van der Waals surface area (Å²) < 4.78 is 13.6. The largest absolute Gasteiger partial charge is 0.389 e. The Morgan fingerprint density at radius 1 is 1.60 bits per heavy atom. The van der Waals surface area contributed by atoms with Gasteiger partial charge in [0.2, 0.25) is 0 Å². The van der Waals surface area contributed by atoms with Crippen LogP contribution < -0.4 is 4.90 Å². The van der Waals surface area contributed by atoms with Crippen LogP contribution in [0.15, 0.2) is 30.9 Å². The van der Waals surface area contributed by atoms with E-state index in [1.165, 1.54) is 6.07 Å². The van der Waals surface area contributed by atoms with Crippen LogP contribution in [0.3, 0.4) is 0 Å². The van der Waals surface area contributed by atoms with Gasteiger partial charge in [0.05, 0.1) is 11.8 Å². The zero-order valence-electron chi connectivity index (χ0n) is 9.07. The molecule has 0 aliphatic heterocycles. The van der Waals surface area contributed by atoms with E-state index < -0.39 is 6.10 Å². The van der Waals surface area contributed by atoms with E-state index in [0.29, 0.717) is 17.8 Å². The maximum atomic E-state index is 13.6. The number of aliphatic hydroxyl groups is 1. The molecule has 0 aliphatic carbocycles. The first-order valence-electron chi connectivity index (χ1n) is 4.86. The minimum atomic E-state index is -0.678. The fraction of sp³-hybridized carbons (Fsp3) is 0.333. The van der Waals surface area contributed by atoms with Crippen molar-refractivity contribution in [2.24, 2.45) is 0 Å². The van der Waals surface area contributed by atoms with Crippen LogP contribution >= 0.6 is 0 Å². The van der Waals surface area contributed by atoms with Crippen LogP contribution in [0.2, 0.25) is 0 Å². The summed E-state index contributed by atoms with van der Waals surface area (Å²) in [5.74, 6) is -0.322.